The van der Waals surface area contributed by atoms with E-state index in [1.54, 1.807) is 16.8 Å². The standard InChI is InChI=1S/C25H19ClN4O2/c1-15-11-19(32-18-7-4-6-17(26)13-18)9-10-23(15)30-25(27)20(14-28-30)24(31)22-12-16-5-2-3-8-21(16)29-22/h2-14,29H,27H2,1H3. The van der Waals surface area contributed by atoms with Gasteiger partial charge in [-0.1, -0.05) is 35.9 Å². The molecule has 0 bridgehead atoms. The highest BCUT2D eigenvalue weighted by molar-refractivity contribution is 6.30. The number of halogens is 1. The highest BCUT2D eigenvalue weighted by Crippen LogP contribution is 2.29. The number of para-hydroxylation sites is 1. The summed E-state index contributed by atoms with van der Waals surface area (Å²) in [7, 11) is 0. The summed E-state index contributed by atoms with van der Waals surface area (Å²) in [5, 5.41) is 5.94. The molecule has 0 atom stereocenters. The normalized spacial score (nSPS) is 11.1. The zero-order valence-electron chi connectivity index (χ0n) is 17.2. The number of nitrogens with one attached hydrogen (secondary N) is 1. The maximum absolute atomic E-state index is 13.1. The summed E-state index contributed by atoms with van der Waals surface area (Å²) in [5.74, 6) is 1.38. The maximum Gasteiger partial charge on any atom is 0.214 e. The third-order valence-electron chi connectivity index (χ3n) is 5.25. The highest BCUT2D eigenvalue weighted by Gasteiger charge is 2.20. The average Bonchev–Trinajstić information content (AvgIpc) is 3.37. The molecule has 3 N–H and O–H groups in total. The van der Waals surface area contributed by atoms with Crippen molar-refractivity contribution in [2.24, 2.45) is 0 Å². The number of nitrogens with zero attached hydrogens (tertiary/aromatic N) is 2. The van der Waals surface area contributed by atoms with Crippen molar-refractivity contribution in [2.75, 3.05) is 5.73 Å². The molecule has 0 radical (unpaired) electrons. The number of aryl methyl sites for hydroxylation is 1. The summed E-state index contributed by atoms with van der Waals surface area (Å²) < 4.78 is 7.45. The van der Waals surface area contributed by atoms with E-state index in [2.05, 4.69) is 10.1 Å². The molecule has 6 nitrogen and oxygen atoms in total. The van der Waals surface area contributed by atoms with Gasteiger partial charge in [-0.05, 0) is 61.0 Å². The van der Waals surface area contributed by atoms with Gasteiger partial charge >= 0.3 is 0 Å². The second-order valence-corrected chi connectivity index (χ2v) is 7.90. The number of nitrogens with two attached hydrogens (primary N) is 1. The number of fused-ring (bicyclic) bond motifs is 1. The van der Waals surface area contributed by atoms with Crippen LogP contribution in [0.2, 0.25) is 5.02 Å². The van der Waals surface area contributed by atoms with Gasteiger partial charge in [-0.25, -0.2) is 4.68 Å². The number of H-pyrrole nitrogens is 1. The summed E-state index contributed by atoms with van der Waals surface area (Å²) in [4.78, 5) is 16.2. The summed E-state index contributed by atoms with van der Waals surface area (Å²) in [5.41, 5.74) is 9.70. The van der Waals surface area contributed by atoms with Gasteiger partial charge in [-0.3, -0.25) is 4.79 Å². The number of ketones is 1. The van der Waals surface area contributed by atoms with Crippen LogP contribution in [0.4, 0.5) is 5.82 Å². The summed E-state index contributed by atoms with van der Waals surface area (Å²) in [6.45, 7) is 1.93. The lowest BCUT2D eigenvalue weighted by atomic mass is 10.1. The van der Waals surface area contributed by atoms with Crippen molar-refractivity contribution in [2.45, 2.75) is 6.92 Å². The molecule has 32 heavy (non-hydrogen) atoms. The van der Waals surface area contributed by atoms with Gasteiger partial charge in [0.05, 0.1) is 23.1 Å². The Morgan fingerprint density at radius 1 is 1.03 bits per heavy atom. The summed E-state index contributed by atoms with van der Waals surface area (Å²) >= 11 is 6.02. The molecule has 5 rings (SSSR count). The van der Waals surface area contributed by atoms with Crippen LogP contribution in [0.5, 0.6) is 11.5 Å². The van der Waals surface area contributed by atoms with E-state index in [0.29, 0.717) is 27.8 Å². The topological polar surface area (TPSA) is 85.9 Å². The Labute approximate surface area is 189 Å². The molecule has 3 aromatic carbocycles. The molecule has 0 fully saturated rings. The fourth-order valence-electron chi connectivity index (χ4n) is 3.66. The van der Waals surface area contributed by atoms with Crippen LogP contribution in [0.15, 0.2) is 79.0 Å². The minimum absolute atomic E-state index is 0.205. The minimum Gasteiger partial charge on any atom is -0.457 e. The predicted molar refractivity (Wildman–Crippen MR) is 126 cm³/mol. The van der Waals surface area contributed by atoms with E-state index in [1.807, 2.05) is 67.6 Å². The molecule has 7 heteroatoms. The van der Waals surface area contributed by atoms with Crippen molar-refractivity contribution in [3.8, 4) is 17.2 Å². The van der Waals surface area contributed by atoms with E-state index in [0.717, 1.165) is 22.2 Å². The fourth-order valence-corrected chi connectivity index (χ4v) is 3.84. The second-order valence-electron chi connectivity index (χ2n) is 7.46. The Kier molecular flexibility index (Phi) is 4.92. The van der Waals surface area contributed by atoms with Crippen LogP contribution in [-0.4, -0.2) is 20.5 Å². The zero-order valence-corrected chi connectivity index (χ0v) is 17.9. The Morgan fingerprint density at radius 3 is 2.62 bits per heavy atom. The quantitative estimate of drug-likeness (QED) is 0.331. The van der Waals surface area contributed by atoms with Crippen molar-refractivity contribution in [1.29, 1.82) is 0 Å². The molecule has 0 aliphatic rings. The van der Waals surface area contributed by atoms with Crippen LogP contribution >= 0.6 is 11.6 Å². The Hall–Kier alpha value is -4.03. The zero-order chi connectivity index (χ0) is 22.2. The molecular formula is C25H19ClN4O2. The molecule has 158 valence electrons. The van der Waals surface area contributed by atoms with E-state index in [4.69, 9.17) is 22.1 Å². The van der Waals surface area contributed by atoms with Gasteiger partial charge in [-0.15, -0.1) is 0 Å². The molecule has 2 heterocycles. The molecule has 0 saturated heterocycles. The average molecular weight is 443 g/mol. The summed E-state index contributed by atoms with van der Waals surface area (Å²) in [6.07, 6.45) is 1.50. The Bertz CT molecular complexity index is 1440. The first-order valence-electron chi connectivity index (χ1n) is 10.00. The van der Waals surface area contributed by atoms with Crippen LogP contribution < -0.4 is 10.5 Å². The predicted octanol–water partition coefficient (Wildman–Crippen LogP) is 5.92. The first-order chi connectivity index (χ1) is 15.5. The van der Waals surface area contributed by atoms with Gasteiger partial charge in [0.1, 0.15) is 17.3 Å². The number of nitrogen functional groups attached to an aromatic ring is 1. The smallest absolute Gasteiger partial charge is 0.214 e. The van der Waals surface area contributed by atoms with Gasteiger partial charge in [-0.2, -0.15) is 5.10 Å². The largest absolute Gasteiger partial charge is 0.457 e. The van der Waals surface area contributed by atoms with Crippen LogP contribution in [0, 0.1) is 6.92 Å². The number of aromatic amines is 1. The van der Waals surface area contributed by atoms with E-state index < -0.39 is 0 Å². The highest BCUT2D eigenvalue weighted by atomic mass is 35.5. The molecule has 0 aliphatic carbocycles. The van der Waals surface area contributed by atoms with Gasteiger partial charge < -0.3 is 15.5 Å². The molecule has 0 saturated carbocycles. The van der Waals surface area contributed by atoms with Crippen molar-refractivity contribution >= 4 is 34.1 Å². The first-order valence-corrected chi connectivity index (χ1v) is 10.4. The van der Waals surface area contributed by atoms with Crippen molar-refractivity contribution in [3.63, 3.8) is 0 Å². The van der Waals surface area contributed by atoms with Gasteiger partial charge in [0.2, 0.25) is 5.78 Å². The minimum atomic E-state index is -0.205. The number of ether oxygens (including phenoxy) is 1. The van der Waals surface area contributed by atoms with Crippen molar-refractivity contribution < 1.29 is 9.53 Å². The molecule has 0 aliphatic heterocycles. The molecule has 0 amide bonds. The van der Waals surface area contributed by atoms with E-state index >= 15 is 0 Å². The number of hydrogen-bond donors (Lipinski definition) is 2. The van der Waals surface area contributed by atoms with Crippen LogP contribution in [-0.2, 0) is 0 Å². The fraction of sp³-hybridized carbons (Fsp3) is 0.0400. The van der Waals surface area contributed by atoms with Crippen LogP contribution in [0.25, 0.3) is 16.6 Å². The lowest BCUT2D eigenvalue weighted by molar-refractivity contribution is 0.103. The second kappa shape index (κ2) is 7.90. The Balaban J connectivity index is 1.44. The van der Waals surface area contributed by atoms with Gasteiger partial charge in [0, 0.05) is 15.9 Å². The molecule has 0 spiro atoms. The number of carbonyl (C=O) groups excluding carboxylic acids is 1. The lowest BCUT2D eigenvalue weighted by Gasteiger charge is -2.11. The molecular weight excluding hydrogens is 424 g/mol. The van der Waals surface area contributed by atoms with Crippen molar-refractivity contribution in [1.82, 2.24) is 14.8 Å². The number of aromatic nitrogens is 3. The third-order valence-corrected chi connectivity index (χ3v) is 5.49. The van der Waals surface area contributed by atoms with Crippen LogP contribution in [0.1, 0.15) is 21.6 Å². The third kappa shape index (κ3) is 3.61. The van der Waals surface area contributed by atoms with Gasteiger partial charge in [0.25, 0.3) is 0 Å². The molecule has 2 aromatic heterocycles. The maximum atomic E-state index is 13.1. The molecule has 5 aromatic rings. The first kappa shape index (κ1) is 19.9. The van der Waals surface area contributed by atoms with E-state index in [1.165, 1.54) is 6.20 Å². The lowest BCUT2D eigenvalue weighted by Crippen LogP contribution is -2.08. The number of carbonyl (C=O) groups is 1. The van der Waals surface area contributed by atoms with E-state index in [-0.39, 0.29) is 11.6 Å². The summed E-state index contributed by atoms with van der Waals surface area (Å²) in [6, 6.07) is 22.3. The number of benzene rings is 3. The monoisotopic (exact) mass is 442 g/mol. The number of rotatable bonds is 5. The van der Waals surface area contributed by atoms with Crippen molar-refractivity contribution in [3.05, 3.63) is 101 Å². The van der Waals surface area contributed by atoms with E-state index in [9.17, 15) is 4.79 Å². The van der Waals surface area contributed by atoms with Crippen LogP contribution in [0.3, 0.4) is 0 Å². The molecule has 0 unspecified atom stereocenters. The SMILES string of the molecule is Cc1cc(Oc2cccc(Cl)c2)ccc1-n1ncc(C(=O)c2cc3ccccc3[nH]2)c1N. The number of hydrogen-bond acceptors (Lipinski definition) is 4. The Morgan fingerprint density at radius 2 is 1.84 bits per heavy atom. The number of anilines is 1. The van der Waals surface area contributed by atoms with Gasteiger partial charge in [0.15, 0.2) is 0 Å².